The molecular weight excluding hydrogens is 234 g/mol. The number of nitrogens with one attached hydrogen (secondary N) is 2. The fourth-order valence-electron chi connectivity index (χ4n) is 1.96. The standard InChI is InChI=1S/C11H15N5S/c1-6-5-8-9(13-7-3-2-4-7)14-11(16-12)15-10(8)17-6/h5,7H,2-4,12H2,1H3,(H2,13,14,15,16). The maximum absolute atomic E-state index is 5.40. The van der Waals surface area contributed by atoms with Crippen molar-refractivity contribution in [2.45, 2.75) is 32.2 Å². The summed E-state index contributed by atoms with van der Waals surface area (Å²) in [5, 5.41) is 4.57. The first-order chi connectivity index (χ1) is 8.26. The quantitative estimate of drug-likeness (QED) is 0.574. The average Bonchev–Trinajstić information content (AvgIpc) is 2.63. The van der Waals surface area contributed by atoms with E-state index in [1.165, 1.54) is 24.1 Å². The third-order valence-corrected chi connectivity index (χ3v) is 4.04. The van der Waals surface area contributed by atoms with E-state index < -0.39 is 0 Å². The van der Waals surface area contributed by atoms with Crippen LogP contribution in [0.3, 0.4) is 0 Å². The fraction of sp³-hybridized carbons (Fsp3) is 0.455. The van der Waals surface area contributed by atoms with Gasteiger partial charge in [-0.1, -0.05) is 0 Å². The predicted octanol–water partition coefficient (Wildman–Crippen LogP) is 2.25. The monoisotopic (exact) mass is 249 g/mol. The summed E-state index contributed by atoms with van der Waals surface area (Å²) < 4.78 is 0. The van der Waals surface area contributed by atoms with E-state index in [4.69, 9.17) is 5.84 Å². The lowest BCUT2D eigenvalue weighted by Gasteiger charge is -2.27. The summed E-state index contributed by atoms with van der Waals surface area (Å²) in [5.41, 5.74) is 2.52. The highest BCUT2D eigenvalue weighted by molar-refractivity contribution is 7.18. The number of thiophene rings is 1. The molecule has 0 aromatic carbocycles. The van der Waals surface area contributed by atoms with Gasteiger partial charge in [0, 0.05) is 10.9 Å². The van der Waals surface area contributed by atoms with Crippen LogP contribution in [0.1, 0.15) is 24.1 Å². The number of nitrogens with zero attached hydrogens (tertiary/aromatic N) is 2. The lowest BCUT2D eigenvalue weighted by atomic mass is 9.93. The number of hydrogen-bond acceptors (Lipinski definition) is 6. The van der Waals surface area contributed by atoms with Gasteiger partial charge in [0.15, 0.2) is 0 Å². The van der Waals surface area contributed by atoms with Crippen molar-refractivity contribution in [2.24, 2.45) is 5.84 Å². The first kappa shape index (κ1) is 10.7. The Kier molecular flexibility index (Phi) is 2.60. The van der Waals surface area contributed by atoms with Gasteiger partial charge in [-0.3, -0.25) is 5.43 Å². The molecule has 0 unspecified atom stereocenters. The molecule has 0 radical (unpaired) electrons. The van der Waals surface area contributed by atoms with Crippen LogP contribution in [0.2, 0.25) is 0 Å². The number of rotatable bonds is 3. The van der Waals surface area contributed by atoms with Crippen molar-refractivity contribution < 1.29 is 0 Å². The zero-order valence-electron chi connectivity index (χ0n) is 9.66. The van der Waals surface area contributed by atoms with E-state index in [-0.39, 0.29) is 0 Å². The lowest BCUT2D eigenvalue weighted by molar-refractivity contribution is 0.445. The van der Waals surface area contributed by atoms with Gasteiger partial charge in [0.2, 0.25) is 5.95 Å². The van der Waals surface area contributed by atoms with E-state index >= 15 is 0 Å². The molecule has 0 aliphatic heterocycles. The Balaban J connectivity index is 2.05. The van der Waals surface area contributed by atoms with Gasteiger partial charge in [0.1, 0.15) is 10.6 Å². The van der Waals surface area contributed by atoms with Crippen LogP contribution in [-0.2, 0) is 0 Å². The predicted molar refractivity (Wildman–Crippen MR) is 71.2 cm³/mol. The first-order valence-electron chi connectivity index (χ1n) is 5.77. The Hall–Kier alpha value is -1.40. The number of anilines is 2. The molecule has 1 aliphatic carbocycles. The molecule has 2 aromatic heterocycles. The van der Waals surface area contributed by atoms with E-state index in [1.807, 2.05) is 0 Å². The number of hydrogen-bond donors (Lipinski definition) is 3. The molecule has 0 saturated heterocycles. The van der Waals surface area contributed by atoms with Gasteiger partial charge in [-0.05, 0) is 32.3 Å². The number of aromatic nitrogens is 2. The average molecular weight is 249 g/mol. The van der Waals surface area contributed by atoms with E-state index in [0.29, 0.717) is 12.0 Å². The Morgan fingerprint density at radius 2 is 2.24 bits per heavy atom. The molecule has 90 valence electrons. The van der Waals surface area contributed by atoms with Crippen molar-refractivity contribution in [3.05, 3.63) is 10.9 Å². The summed E-state index contributed by atoms with van der Waals surface area (Å²) in [4.78, 5) is 11.0. The third-order valence-electron chi connectivity index (χ3n) is 3.09. The summed E-state index contributed by atoms with van der Waals surface area (Å²) in [6.45, 7) is 2.08. The van der Waals surface area contributed by atoms with Crippen molar-refractivity contribution in [1.82, 2.24) is 9.97 Å². The SMILES string of the molecule is Cc1cc2c(NC3CCC3)nc(NN)nc2s1. The van der Waals surface area contributed by atoms with Crippen LogP contribution >= 0.6 is 11.3 Å². The fourth-order valence-corrected chi connectivity index (χ4v) is 2.84. The van der Waals surface area contributed by atoms with Crippen LogP contribution in [-0.4, -0.2) is 16.0 Å². The summed E-state index contributed by atoms with van der Waals surface area (Å²) in [6, 6.07) is 2.68. The second kappa shape index (κ2) is 4.12. The number of fused-ring (bicyclic) bond motifs is 1. The van der Waals surface area contributed by atoms with Gasteiger partial charge < -0.3 is 5.32 Å². The maximum Gasteiger partial charge on any atom is 0.240 e. The van der Waals surface area contributed by atoms with Gasteiger partial charge in [-0.2, -0.15) is 4.98 Å². The molecule has 2 aromatic rings. The Labute approximate surface area is 103 Å². The molecule has 1 fully saturated rings. The number of nitrogen functional groups attached to an aromatic ring is 1. The molecule has 0 amide bonds. The molecule has 0 atom stereocenters. The minimum atomic E-state index is 0.473. The number of aryl methyl sites for hydroxylation is 1. The van der Waals surface area contributed by atoms with Crippen LogP contribution in [0.4, 0.5) is 11.8 Å². The van der Waals surface area contributed by atoms with Gasteiger partial charge in [0.25, 0.3) is 0 Å². The molecule has 6 heteroatoms. The molecule has 5 nitrogen and oxygen atoms in total. The molecule has 2 heterocycles. The maximum atomic E-state index is 5.40. The highest BCUT2D eigenvalue weighted by atomic mass is 32.1. The molecule has 4 N–H and O–H groups in total. The summed E-state index contributed by atoms with van der Waals surface area (Å²) in [6.07, 6.45) is 3.75. The Morgan fingerprint density at radius 1 is 1.41 bits per heavy atom. The molecule has 17 heavy (non-hydrogen) atoms. The van der Waals surface area contributed by atoms with Crippen LogP contribution in [0.15, 0.2) is 6.07 Å². The smallest absolute Gasteiger partial charge is 0.240 e. The molecule has 1 aliphatic rings. The van der Waals surface area contributed by atoms with E-state index in [1.54, 1.807) is 11.3 Å². The summed E-state index contributed by atoms with van der Waals surface area (Å²) >= 11 is 1.66. The van der Waals surface area contributed by atoms with Crippen LogP contribution in [0.25, 0.3) is 10.2 Å². The van der Waals surface area contributed by atoms with Crippen molar-refractivity contribution >= 4 is 33.3 Å². The van der Waals surface area contributed by atoms with Gasteiger partial charge in [0.05, 0.1) is 5.39 Å². The lowest BCUT2D eigenvalue weighted by Crippen LogP contribution is -2.27. The zero-order chi connectivity index (χ0) is 11.8. The number of nitrogens with two attached hydrogens (primary N) is 1. The largest absolute Gasteiger partial charge is 0.367 e. The van der Waals surface area contributed by atoms with Crippen LogP contribution in [0, 0.1) is 6.92 Å². The van der Waals surface area contributed by atoms with Gasteiger partial charge >= 0.3 is 0 Å². The zero-order valence-corrected chi connectivity index (χ0v) is 10.5. The third kappa shape index (κ3) is 1.94. The second-order valence-corrected chi connectivity index (χ2v) is 5.62. The van der Waals surface area contributed by atoms with Gasteiger partial charge in [-0.25, -0.2) is 10.8 Å². The molecular formula is C11H15N5S. The second-order valence-electron chi connectivity index (χ2n) is 4.39. The van der Waals surface area contributed by atoms with Crippen LogP contribution < -0.4 is 16.6 Å². The molecule has 0 spiro atoms. The minimum absolute atomic E-state index is 0.473. The first-order valence-corrected chi connectivity index (χ1v) is 6.59. The minimum Gasteiger partial charge on any atom is -0.367 e. The highest BCUT2D eigenvalue weighted by Crippen LogP contribution is 2.31. The molecule has 0 bridgehead atoms. The summed E-state index contributed by atoms with van der Waals surface area (Å²) in [5.74, 6) is 6.77. The molecule has 1 saturated carbocycles. The number of hydrazine groups is 1. The van der Waals surface area contributed by atoms with E-state index in [0.717, 1.165) is 16.0 Å². The van der Waals surface area contributed by atoms with Crippen molar-refractivity contribution in [1.29, 1.82) is 0 Å². The van der Waals surface area contributed by atoms with Crippen LogP contribution in [0.5, 0.6) is 0 Å². The summed E-state index contributed by atoms with van der Waals surface area (Å²) in [7, 11) is 0. The highest BCUT2D eigenvalue weighted by Gasteiger charge is 2.19. The van der Waals surface area contributed by atoms with Gasteiger partial charge in [-0.15, -0.1) is 11.3 Å². The van der Waals surface area contributed by atoms with E-state index in [2.05, 4.69) is 33.7 Å². The van der Waals surface area contributed by atoms with Crippen molar-refractivity contribution in [2.75, 3.05) is 10.7 Å². The van der Waals surface area contributed by atoms with Crippen molar-refractivity contribution in [3.8, 4) is 0 Å². The topological polar surface area (TPSA) is 75.9 Å². The molecule has 3 rings (SSSR count). The Bertz CT molecular complexity index is 546. The van der Waals surface area contributed by atoms with E-state index in [9.17, 15) is 0 Å². The normalized spacial score (nSPS) is 15.9. The van der Waals surface area contributed by atoms with Crippen molar-refractivity contribution in [3.63, 3.8) is 0 Å². The Morgan fingerprint density at radius 3 is 2.88 bits per heavy atom.